The van der Waals surface area contributed by atoms with Crippen molar-refractivity contribution in [3.8, 4) is 0 Å². The standard InChI is InChI=1S/C23H38FN5/c1-4-25-22(26-17-20-8-9-21(24)19(2)16-20)27-18-23(10-14-28(3)15-11-23)29-12-6-5-7-13-29/h8-9,16H,4-7,10-15,17-18H2,1-3H3,(H2,25,26,27). The van der Waals surface area contributed by atoms with Crippen LogP contribution >= 0.6 is 0 Å². The van der Waals surface area contributed by atoms with Gasteiger partial charge in [-0.1, -0.05) is 18.6 Å². The van der Waals surface area contributed by atoms with Crippen molar-refractivity contribution < 1.29 is 4.39 Å². The molecule has 162 valence electrons. The molecule has 2 aliphatic rings. The van der Waals surface area contributed by atoms with Gasteiger partial charge in [-0.3, -0.25) is 4.90 Å². The number of nitrogens with zero attached hydrogens (tertiary/aromatic N) is 3. The van der Waals surface area contributed by atoms with Crippen LogP contribution in [0, 0.1) is 12.7 Å². The number of guanidine groups is 1. The molecule has 2 N–H and O–H groups in total. The number of likely N-dealkylation sites (tertiary alicyclic amines) is 2. The van der Waals surface area contributed by atoms with Crippen LogP contribution in [-0.2, 0) is 6.54 Å². The molecule has 5 nitrogen and oxygen atoms in total. The van der Waals surface area contributed by atoms with Gasteiger partial charge in [0.05, 0.1) is 6.54 Å². The number of aliphatic imine (C=N–C) groups is 1. The molecular weight excluding hydrogens is 365 g/mol. The monoisotopic (exact) mass is 403 g/mol. The van der Waals surface area contributed by atoms with Gasteiger partial charge >= 0.3 is 0 Å². The van der Waals surface area contributed by atoms with Crippen LogP contribution in [0.15, 0.2) is 23.2 Å². The highest BCUT2D eigenvalue weighted by molar-refractivity contribution is 5.79. The van der Waals surface area contributed by atoms with E-state index in [1.165, 1.54) is 51.3 Å². The fraction of sp³-hybridized carbons (Fsp3) is 0.696. The second-order valence-electron chi connectivity index (χ2n) is 8.71. The maximum Gasteiger partial charge on any atom is 0.191 e. The lowest BCUT2D eigenvalue weighted by atomic mass is 9.84. The Balaban J connectivity index is 1.67. The zero-order chi connectivity index (χ0) is 20.7. The SMILES string of the molecule is CCNC(=NCc1ccc(F)c(C)c1)NCC1(N2CCCCC2)CCN(C)CC1. The van der Waals surface area contributed by atoms with Gasteiger partial charge in [-0.15, -0.1) is 0 Å². The van der Waals surface area contributed by atoms with Gasteiger partial charge in [0.25, 0.3) is 0 Å². The smallest absolute Gasteiger partial charge is 0.191 e. The summed E-state index contributed by atoms with van der Waals surface area (Å²) in [5.41, 5.74) is 1.92. The molecule has 0 radical (unpaired) electrons. The molecule has 0 spiro atoms. The number of hydrogen-bond donors (Lipinski definition) is 2. The minimum atomic E-state index is -0.159. The molecule has 0 atom stereocenters. The van der Waals surface area contributed by atoms with Gasteiger partial charge in [0.1, 0.15) is 5.82 Å². The number of halogens is 1. The van der Waals surface area contributed by atoms with Crippen LogP contribution in [0.5, 0.6) is 0 Å². The van der Waals surface area contributed by atoms with Crippen LogP contribution in [0.1, 0.15) is 50.2 Å². The molecule has 0 aromatic heterocycles. The van der Waals surface area contributed by atoms with E-state index < -0.39 is 0 Å². The van der Waals surface area contributed by atoms with Crippen molar-refractivity contribution in [2.75, 3.05) is 46.3 Å². The summed E-state index contributed by atoms with van der Waals surface area (Å²) < 4.78 is 13.5. The van der Waals surface area contributed by atoms with E-state index in [1.807, 2.05) is 12.1 Å². The van der Waals surface area contributed by atoms with Gasteiger partial charge in [0.2, 0.25) is 0 Å². The fourth-order valence-corrected chi connectivity index (χ4v) is 4.57. The first kappa shape index (κ1) is 22.0. The van der Waals surface area contributed by atoms with Gasteiger partial charge in [0, 0.05) is 18.6 Å². The van der Waals surface area contributed by atoms with E-state index in [-0.39, 0.29) is 11.4 Å². The number of aryl methyl sites for hydroxylation is 1. The number of piperidine rings is 2. The molecule has 1 aromatic rings. The van der Waals surface area contributed by atoms with Crippen LogP contribution in [0.4, 0.5) is 4.39 Å². The second-order valence-corrected chi connectivity index (χ2v) is 8.71. The first-order valence-corrected chi connectivity index (χ1v) is 11.2. The average Bonchev–Trinajstić information content (AvgIpc) is 2.74. The lowest BCUT2D eigenvalue weighted by molar-refractivity contribution is 0.0173. The highest BCUT2D eigenvalue weighted by atomic mass is 19.1. The molecule has 0 unspecified atom stereocenters. The first-order valence-electron chi connectivity index (χ1n) is 11.2. The Morgan fingerprint density at radius 1 is 1.10 bits per heavy atom. The Hall–Kier alpha value is -1.66. The Bertz CT molecular complexity index is 676. The minimum absolute atomic E-state index is 0.159. The number of hydrogen-bond acceptors (Lipinski definition) is 3. The number of rotatable bonds is 6. The molecule has 0 bridgehead atoms. The maximum atomic E-state index is 13.5. The summed E-state index contributed by atoms with van der Waals surface area (Å²) in [6, 6.07) is 5.24. The van der Waals surface area contributed by atoms with E-state index in [1.54, 1.807) is 6.92 Å². The molecule has 1 aromatic carbocycles. The van der Waals surface area contributed by atoms with Crippen LogP contribution in [-0.4, -0.2) is 67.6 Å². The van der Waals surface area contributed by atoms with Gasteiger partial charge < -0.3 is 15.5 Å². The van der Waals surface area contributed by atoms with Crippen molar-refractivity contribution in [3.63, 3.8) is 0 Å². The molecule has 2 aliphatic heterocycles. The molecular formula is C23H38FN5. The van der Waals surface area contributed by atoms with E-state index in [4.69, 9.17) is 4.99 Å². The van der Waals surface area contributed by atoms with Gasteiger partial charge in [0.15, 0.2) is 5.96 Å². The molecule has 3 rings (SSSR count). The van der Waals surface area contributed by atoms with Crippen molar-refractivity contribution in [2.45, 2.75) is 58.0 Å². The Kier molecular flexibility index (Phi) is 7.90. The first-order chi connectivity index (χ1) is 14.0. The Morgan fingerprint density at radius 2 is 1.83 bits per heavy atom. The third-order valence-corrected chi connectivity index (χ3v) is 6.52. The van der Waals surface area contributed by atoms with Crippen molar-refractivity contribution in [2.24, 2.45) is 4.99 Å². The van der Waals surface area contributed by atoms with Gasteiger partial charge in [-0.05, 0) is 90.0 Å². The topological polar surface area (TPSA) is 42.9 Å². The van der Waals surface area contributed by atoms with E-state index in [2.05, 4.69) is 34.4 Å². The molecule has 0 aliphatic carbocycles. The molecule has 2 fully saturated rings. The van der Waals surface area contributed by atoms with E-state index in [9.17, 15) is 4.39 Å². The Morgan fingerprint density at radius 3 is 2.48 bits per heavy atom. The number of nitrogens with one attached hydrogen (secondary N) is 2. The predicted octanol–water partition coefficient (Wildman–Crippen LogP) is 3.14. The van der Waals surface area contributed by atoms with E-state index in [0.29, 0.717) is 12.1 Å². The van der Waals surface area contributed by atoms with Crippen molar-refractivity contribution in [1.29, 1.82) is 0 Å². The molecule has 0 saturated carbocycles. The minimum Gasteiger partial charge on any atom is -0.357 e. The zero-order valence-electron chi connectivity index (χ0n) is 18.4. The summed E-state index contributed by atoms with van der Waals surface area (Å²) in [5.74, 6) is 0.693. The van der Waals surface area contributed by atoms with E-state index >= 15 is 0 Å². The van der Waals surface area contributed by atoms with Gasteiger partial charge in [-0.25, -0.2) is 9.38 Å². The lowest BCUT2D eigenvalue weighted by Gasteiger charge is -2.50. The fourth-order valence-electron chi connectivity index (χ4n) is 4.57. The quantitative estimate of drug-likeness (QED) is 0.566. The Labute approximate surface area is 175 Å². The van der Waals surface area contributed by atoms with Gasteiger partial charge in [-0.2, -0.15) is 0 Å². The predicted molar refractivity (Wildman–Crippen MR) is 119 cm³/mol. The second kappa shape index (κ2) is 10.4. The normalized spacial score (nSPS) is 21.2. The van der Waals surface area contributed by atoms with Crippen molar-refractivity contribution in [3.05, 3.63) is 35.1 Å². The molecule has 2 heterocycles. The highest BCUT2D eigenvalue weighted by Crippen LogP contribution is 2.30. The summed E-state index contributed by atoms with van der Waals surface area (Å²) in [7, 11) is 2.23. The largest absolute Gasteiger partial charge is 0.357 e. The van der Waals surface area contributed by atoms with E-state index in [0.717, 1.165) is 37.7 Å². The summed E-state index contributed by atoms with van der Waals surface area (Å²) in [4.78, 5) is 9.96. The highest BCUT2D eigenvalue weighted by Gasteiger charge is 2.39. The third kappa shape index (κ3) is 5.92. The summed E-state index contributed by atoms with van der Waals surface area (Å²) in [6.45, 7) is 10.9. The van der Waals surface area contributed by atoms with Crippen molar-refractivity contribution >= 4 is 5.96 Å². The summed E-state index contributed by atoms with van der Waals surface area (Å²) >= 11 is 0. The maximum absolute atomic E-state index is 13.5. The van der Waals surface area contributed by atoms with Crippen LogP contribution in [0.3, 0.4) is 0 Å². The lowest BCUT2D eigenvalue weighted by Crippen LogP contribution is -2.62. The molecule has 29 heavy (non-hydrogen) atoms. The van der Waals surface area contributed by atoms with Crippen LogP contribution < -0.4 is 10.6 Å². The van der Waals surface area contributed by atoms with Crippen LogP contribution in [0.25, 0.3) is 0 Å². The molecule has 2 saturated heterocycles. The average molecular weight is 404 g/mol. The number of benzene rings is 1. The third-order valence-electron chi connectivity index (χ3n) is 6.52. The molecule has 6 heteroatoms. The molecule has 0 amide bonds. The zero-order valence-corrected chi connectivity index (χ0v) is 18.4. The summed E-state index contributed by atoms with van der Waals surface area (Å²) in [6.07, 6.45) is 6.40. The van der Waals surface area contributed by atoms with Crippen LogP contribution in [0.2, 0.25) is 0 Å². The summed E-state index contributed by atoms with van der Waals surface area (Å²) in [5, 5.41) is 7.03. The van der Waals surface area contributed by atoms with Crippen molar-refractivity contribution in [1.82, 2.24) is 20.4 Å².